The molecule has 3 rings (SSSR count). The third kappa shape index (κ3) is 2.29. The van der Waals surface area contributed by atoms with Crippen LogP contribution >= 0.6 is 0 Å². The van der Waals surface area contributed by atoms with Crippen LogP contribution in [0.25, 0.3) is 0 Å². The Morgan fingerprint density at radius 1 is 1.50 bits per heavy atom. The monoisotopic (exact) mass is 278 g/mol. The lowest BCUT2D eigenvalue weighted by Crippen LogP contribution is -2.66. The Bertz CT molecular complexity index is 451. The van der Waals surface area contributed by atoms with Crippen LogP contribution in [0.1, 0.15) is 63.8 Å². The van der Waals surface area contributed by atoms with Gasteiger partial charge in [-0.1, -0.05) is 25.4 Å². The first kappa shape index (κ1) is 14.1. The molecule has 1 heterocycles. The Morgan fingerprint density at radius 2 is 2.30 bits per heavy atom. The van der Waals surface area contributed by atoms with E-state index in [1.165, 1.54) is 19.3 Å². The quantitative estimate of drug-likeness (QED) is 0.868. The molecule has 0 saturated heterocycles. The van der Waals surface area contributed by atoms with E-state index in [1.807, 2.05) is 0 Å². The van der Waals surface area contributed by atoms with Crippen molar-refractivity contribution in [3.8, 4) is 0 Å². The molecule has 1 aromatic rings. The minimum absolute atomic E-state index is 0.414. The number of ether oxygens (including phenoxy) is 1. The highest BCUT2D eigenvalue weighted by molar-refractivity contribution is 5.14. The average Bonchev–Trinajstić information content (AvgIpc) is 2.79. The summed E-state index contributed by atoms with van der Waals surface area (Å²) in [7, 11) is 0. The number of aromatic nitrogens is 1. The van der Waals surface area contributed by atoms with E-state index in [2.05, 4.69) is 37.3 Å². The van der Waals surface area contributed by atoms with Crippen molar-refractivity contribution < 1.29 is 9.26 Å². The van der Waals surface area contributed by atoms with Gasteiger partial charge in [-0.05, 0) is 32.1 Å². The first-order chi connectivity index (χ1) is 9.65. The van der Waals surface area contributed by atoms with Gasteiger partial charge < -0.3 is 14.6 Å². The van der Waals surface area contributed by atoms with Gasteiger partial charge in [0.25, 0.3) is 0 Å². The van der Waals surface area contributed by atoms with E-state index in [1.54, 1.807) is 0 Å². The molecule has 1 aromatic heterocycles. The molecule has 1 N–H and O–H groups in total. The predicted molar refractivity (Wildman–Crippen MR) is 77.5 cm³/mol. The van der Waals surface area contributed by atoms with Crippen LogP contribution in [0.4, 0.5) is 0 Å². The van der Waals surface area contributed by atoms with Crippen molar-refractivity contribution >= 4 is 0 Å². The summed E-state index contributed by atoms with van der Waals surface area (Å²) in [4.78, 5) is 0. The van der Waals surface area contributed by atoms with Crippen molar-refractivity contribution in [2.24, 2.45) is 5.41 Å². The SMILES string of the molecule is CCOC1CC(NCc2cc(C(C)C)no2)C12CCC2. The molecule has 4 heteroatoms. The molecule has 2 atom stereocenters. The van der Waals surface area contributed by atoms with Gasteiger partial charge in [0.15, 0.2) is 5.76 Å². The topological polar surface area (TPSA) is 47.3 Å². The van der Waals surface area contributed by atoms with Crippen LogP contribution in [0, 0.1) is 5.41 Å². The third-order valence-corrected chi connectivity index (χ3v) is 5.13. The molecule has 0 amide bonds. The van der Waals surface area contributed by atoms with Gasteiger partial charge in [-0.25, -0.2) is 0 Å². The van der Waals surface area contributed by atoms with Gasteiger partial charge in [0.1, 0.15) is 0 Å². The van der Waals surface area contributed by atoms with Gasteiger partial charge in [-0.3, -0.25) is 0 Å². The summed E-state index contributed by atoms with van der Waals surface area (Å²) < 4.78 is 11.3. The van der Waals surface area contributed by atoms with Crippen molar-refractivity contribution in [3.63, 3.8) is 0 Å². The van der Waals surface area contributed by atoms with Gasteiger partial charge in [0, 0.05) is 24.1 Å². The Labute approximate surface area is 121 Å². The average molecular weight is 278 g/mol. The second-order valence-corrected chi connectivity index (χ2v) is 6.57. The zero-order valence-corrected chi connectivity index (χ0v) is 12.8. The van der Waals surface area contributed by atoms with Crippen LogP contribution in [0.2, 0.25) is 0 Å². The zero-order valence-electron chi connectivity index (χ0n) is 12.8. The molecular weight excluding hydrogens is 252 g/mol. The lowest BCUT2D eigenvalue weighted by Gasteiger charge is -2.61. The molecule has 2 aliphatic rings. The van der Waals surface area contributed by atoms with E-state index in [0.717, 1.165) is 31.0 Å². The summed E-state index contributed by atoms with van der Waals surface area (Å²) in [5.41, 5.74) is 1.46. The summed E-state index contributed by atoms with van der Waals surface area (Å²) in [6.07, 6.45) is 5.58. The largest absolute Gasteiger partial charge is 0.378 e. The van der Waals surface area contributed by atoms with Crippen molar-refractivity contribution in [2.45, 2.75) is 71.1 Å². The molecule has 0 bridgehead atoms. The number of hydrogen-bond acceptors (Lipinski definition) is 4. The van der Waals surface area contributed by atoms with Gasteiger partial charge in [-0.15, -0.1) is 0 Å². The minimum atomic E-state index is 0.414. The van der Waals surface area contributed by atoms with Gasteiger partial charge >= 0.3 is 0 Å². The normalized spacial score (nSPS) is 27.6. The molecule has 2 unspecified atom stereocenters. The zero-order chi connectivity index (χ0) is 14.2. The van der Waals surface area contributed by atoms with Crippen molar-refractivity contribution in [2.75, 3.05) is 6.61 Å². The molecule has 2 saturated carbocycles. The molecule has 2 aliphatic carbocycles. The molecular formula is C16H26N2O2. The van der Waals surface area contributed by atoms with Crippen molar-refractivity contribution in [1.82, 2.24) is 10.5 Å². The Morgan fingerprint density at radius 3 is 2.85 bits per heavy atom. The van der Waals surface area contributed by atoms with Crippen molar-refractivity contribution in [1.29, 1.82) is 0 Å². The molecule has 0 aliphatic heterocycles. The highest BCUT2D eigenvalue weighted by atomic mass is 16.5. The summed E-state index contributed by atoms with van der Waals surface area (Å²) in [5.74, 6) is 1.37. The number of hydrogen-bond donors (Lipinski definition) is 1. The summed E-state index contributed by atoms with van der Waals surface area (Å²) in [6.45, 7) is 7.98. The Kier molecular flexibility index (Phi) is 3.87. The molecule has 0 aromatic carbocycles. The van der Waals surface area contributed by atoms with Crippen LogP contribution < -0.4 is 5.32 Å². The number of rotatable bonds is 6. The lowest BCUT2D eigenvalue weighted by molar-refractivity contribution is -0.173. The van der Waals surface area contributed by atoms with E-state index in [4.69, 9.17) is 9.26 Å². The maximum Gasteiger partial charge on any atom is 0.150 e. The van der Waals surface area contributed by atoms with Gasteiger partial charge in [0.2, 0.25) is 0 Å². The Hall–Kier alpha value is -0.870. The minimum Gasteiger partial charge on any atom is -0.378 e. The van der Waals surface area contributed by atoms with E-state index in [0.29, 0.717) is 23.5 Å². The fourth-order valence-electron chi connectivity index (χ4n) is 3.63. The van der Waals surface area contributed by atoms with E-state index in [9.17, 15) is 0 Å². The van der Waals surface area contributed by atoms with E-state index in [-0.39, 0.29) is 0 Å². The first-order valence-corrected chi connectivity index (χ1v) is 7.96. The number of nitrogens with one attached hydrogen (secondary N) is 1. The molecule has 20 heavy (non-hydrogen) atoms. The van der Waals surface area contributed by atoms with Crippen molar-refractivity contribution in [3.05, 3.63) is 17.5 Å². The molecule has 2 fully saturated rings. The fourth-order valence-corrected chi connectivity index (χ4v) is 3.63. The summed E-state index contributed by atoms with van der Waals surface area (Å²) in [6, 6.07) is 2.66. The molecule has 4 nitrogen and oxygen atoms in total. The smallest absolute Gasteiger partial charge is 0.150 e. The van der Waals surface area contributed by atoms with Gasteiger partial charge in [0.05, 0.1) is 18.3 Å². The maximum atomic E-state index is 5.88. The first-order valence-electron chi connectivity index (χ1n) is 7.96. The highest BCUT2D eigenvalue weighted by Crippen LogP contribution is 2.57. The Balaban J connectivity index is 1.54. The van der Waals surface area contributed by atoms with E-state index >= 15 is 0 Å². The maximum absolute atomic E-state index is 5.88. The fraction of sp³-hybridized carbons (Fsp3) is 0.812. The third-order valence-electron chi connectivity index (χ3n) is 5.13. The predicted octanol–water partition coefficient (Wildman–Crippen LogP) is 3.24. The van der Waals surface area contributed by atoms with Crippen LogP contribution in [0.5, 0.6) is 0 Å². The molecule has 112 valence electrons. The number of nitrogens with zero attached hydrogens (tertiary/aromatic N) is 1. The van der Waals surface area contributed by atoms with Crippen LogP contribution in [0.15, 0.2) is 10.6 Å². The van der Waals surface area contributed by atoms with E-state index < -0.39 is 0 Å². The van der Waals surface area contributed by atoms with Crippen LogP contribution in [0.3, 0.4) is 0 Å². The lowest BCUT2D eigenvalue weighted by atomic mass is 9.51. The summed E-state index contributed by atoms with van der Waals surface area (Å²) >= 11 is 0. The van der Waals surface area contributed by atoms with Crippen LogP contribution in [-0.4, -0.2) is 23.9 Å². The standard InChI is InChI=1S/C16H26N2O2/c1-4-19-15-9-14(16(15)6-5-7-16)17-10-12-8-13(11(2)3)18-20-12/h8,11,14-15,17H,4-7,9-10H2,1-3H3. The molecule has 0 radical (unpaired) electrons. The molecule has 1 spiro atoms. The second kappa shape index (κ2) is 5.49. The highest BCUT2D eigenvalue weighted by Gasteiger charge is 2.58. The van der Waals surface area contributed by atoms with Gasteiger partial charge in [-0.2, -0.15) is 0 Å². The second-order valence-electron chi connectivity index (χ2n) is 6.57. The van der Waals surface area contributed by atoms with Crippen LogP contribution in [-0.2, 0) is 11.3 Å². The summed E-state index contributed by atoms with van der Waals surface area (Å²) in [5, 5.41) is 7.77.